The van der Waals surface area contributed by atoms with Crippen LogP contribution in [0.25, 0.3) is 0 Å². The zero-order valence-corrected chi connectivity index (χ0v) is 12.4. The lowest BCUT2D eigenvalue weighted by molar-refractivity contribution is -0.116. The molecule has 1 N–H and O–H groups in total. The number of aromatic nitrogens is 1. The van der Waals surface area contributed by atoms with Crippen molar-refractivity contribution in [1.82, 2.24) is 10.4 Å². The van der Waals surface area contributed by atoms with E-state index in [0.29, 0.717) is 11.5 Å². The molecule has 0 aliphatic carbocycles. The first-order chi connectivity index (χ1) is 9.76. The number of fused-ring (bicyclic) bond motifs is 1. The molecule has 0 aromatic carbocycles. The van der Waals surface area contributed by atoms with E-state index in [1.54, 1.807) is 6.20 Å². The Hall–Kier alpha value is -1.62. The summed E-state index contributed by atoms with van der Waals surface area (Å²) in [5.74, 6) is 0.981. The highest BCUT2D eigenvalue weighted by atomic mass is 35.5. The number of nitrogens with zero attached hydrogens (tertiary/aromatic N) is 3. The Balaban J connectivity index is 2.12. The van der Waals surface area contributed by atoms with Crippen LogP contribution in [0.5, 0.6) is 0 Å². The number of pyridine rings is 1. The van der Waals surface area contributed by atoms with Gasteiger partial charge in [0, 0.05) is 12.6 Å². The molecule has 1 aromatic rings. The lowest BCUT2D eigenvalue weighted by atomic mass is 10.1. The number of unbranched alkanes of at least 4 members (excludes halogenated alkanes) is 3. The Morgan fingerprint density at radius 2 is 2.25 bits per heavy atom. The van der Waals surface area contributed by atoms with Gasteiger partial charge in [-0.3, -0.25) is 10.2 Å². The molecule has 2 heterocycles. The number of hydrazine groups is 1. The van der Waals surface area contributed by atoms with E-state index < -0.39 is 0 Å². The molecule has 0 spiro atoms. The van der Waals surface area contributed by atoms with Crippen molar-refractivity contribution in [3.05, 3.63) is 18.3 Å². The van der Waals surface area contributed by atoms with Gasteiger partial charge in [-0.2, -0.15) is 0 Å². The maximum atomic E-state index is 11.9. The van der Waals surface area contributed by atoms with Crippen LogP contribution >= 0.6 is 11.6 Å². The maximum Gasteiger partial charge on any atom is 0.262 e. The molecule has 0 saturated heterocycles. The fraction of sp³-hybridized carbons (Fsp3) is 0.500. The van der Waals surface area contributed by atoms with Crippen molar-refractivity contribution in [3.63, 3.8) is 0 Å². The standard InChI is InChI=1S/C14H19ClN4O/c1-2-3-4-5-8-12-17-11-7-6-9-16-14(11)19(18-12)13(20)10-15/h6-7,9H,2-5,8,10H2,1H3,(H,17,18). The van der Waals surface area contributed by atoms with Gasteiger partial charge in [-0.25, -0.2) is 15.0 Å². The van der Waals surface area contributed by atoms with Crippen molar-refractivity contribution in [2.75, 3.05) is 10.9 Å². The molecule has 0 unspecified atom stereocenters. The molecule has 5 nitrogen and oxygen atoms in total. The minimum absolute atomic E-state index is 0.0911. The normalized spacial score (nSPS) is 13.5. The van der Waals surface area contributed by atoms with Crippen LogP contribution in [0.3, 0.4) is 0 Å². The number of hydrogen-bond donors (Lipinski definition) is 1. The highest BCUT2D eigenvalue weighted by molar-refractivity contribution is 6.29. The lowest BCUT2D eigenvalue weighted by Gasteiger charge is -2.28. The van der Waals surface area contributed by atoms with Crippen molar-refractivity contribution in [1.29, 1.82) is 0 Å². The van der Waals surface area contributed by atoms with E-state index in [1.165, 1.54) is 24.3 Å². The number of alkyl halides is 1. The second-order valence-corrected chi connectivity index (χ2v) is 4.96. The molecule has 6 heteroatoms. The average Bonchev–Trinajstić information content (AvgIpc) is 2.50. The van der Waals surface area contributed by atoms with Gasteiger partial charge in [0.15, 0.2) is 5.82 Å². The number of carbonyl (C=O) groups is 1. The average molecular weight is 295 g/mol. The Morgan fingerprint density at radius 1 is 1.40 bits per heavy atom. The first-order valence-corrected chi connectivity index (χ1v) is 7.48. The second-order valence-electron chi connectivity index (χ2n) is 4.69. The van der Waals surface area contributed by atoms with E-state index in [1.807, 2.05) is 12.1 Å². The predicted octanol–water partition coefficient (Wildman–Crippen LogP) is 3.17. The van der Waals surface area contributed by atoms with Gasteiger partial charge in [-0.05, 0) is 18.6 Å². The predicted molar refractivity (Wildman–Crippen MR) is 81.4 cm³/mol. The first kappa shape index (κ1) is 14.8. The summed E-state index contributed by atoms with van der Waals surface area (Å²) in [4.78, 5) is 20.6. The Bertz CT molecular complexity index is 504. The highest BCUT2D eigenvalue weighted by Gasteiger charge is 2.24. The van der Waals surface area contributed by atoms with Gasteiger partial charge in [0.05, 0.1) is 0 Å². The molecule has 108 valence electrons. The molecule has 1 aliphatic heterocycles. The quantitative estimate of drug-likeness (QED) is 0.647. The number of amidine groups is 1. The minimum Gasteiger partial charge on any atom is -0.276 e. The minimum atomic E-state index is -0.229. The second kappa shape index (κ2) is 7.24. The third-order valence-electron chi connectivity index (χ3n) is 3.11. The summed E-state index contributed by atoms with van der Waals surface area (Å²) in [5, 5.41) is 1.39. The van der Waals surface area contributed by atoms with Crippen LogP contribution in [0, 0.1) is 0 Å². The number of amides is 1. The van der Waals surface area contributed by atoms with Crippen molar-refractivity contribution in [2.45, 2.75) is 39.0 Å². The van der Waals surface area contributed by atoms with Crippen molar-refractivity contribution >= 4 is 34.8 Å². The number of nitrogens with one attached hydrogen (secondary N) is 1. The van der Waals surface area contributed by atoms with E-state index in [2.05, 4.69) is 22.3 Å². The molecular weight excluding hydrogens is 276 g/mol. The lowest BCUT2D eigenvalue weighted by Crippen LogP contribution is -2.49. The van der Waals surface area contributed by atoms with E-state index in [4.69, 9.17) is 11.6 Å². The van der Waals surface area contributed by atoms with Crippen LogP contribution in [0.15, 0.2) is 23.3 Å². The van der Waals surface area contributed by atoms with Gasteiger partial charge in [0.2, 0.25) is 0 Å². The molecule has 0 saturated carbocycles. The monoisotopic (exact) mass is 294 g/mol. The van der Waals surface area contributed by atoms with Crippen LogP contribution in [0.2, 0.25) is 0 Å². The SMILES string of the molecule is CCCCCCC1=Nc2cccnc2N(C(=O)CCl)N1. The Kier molecular flexibility index (Phi) is 5.35. The van der Waals surface area contributed by atoms with Gasteiger partial charge in [0.25, 0.3) is 5.91 Å². The van der Waals surface area contributed by atoms with Crippen LogP contribution < -0.4 is 10.4 Å². The summed E-state index contributed by atoms with van der Waals surface area (Å²) in [5.41, 5.74) is 3.73. The third-order valence-corrected chi connectivity index (χ3v) is 3.33. The van der Waals surface area contributed by atoms with E-state index in [0.717, 1.165) is 18.7 Å². The number of hydrogen-bond acceptors (Lipinski definition) is 4. The Labute approximate surface area is 124 Å². The molecular formula is C14H19ClN4O. The summed E-state index contributed by atoms with van der Waals surface area (Å²) >= 11 is 5.65. The zero-order valence-electron chi connectivity index (χ0n) is 11.6. The van der Waals surface area contributed by atoms with Crippen LogP contribution in [0.1, 0.15) is 39.0 Å². The van der Waals surface area contributed by atoms with Crippen molar-refractivity contribution in [3.8, 4) is 0 Å². The van der Waals surface area contributed by atoms with Crippen molar-refractivity contribution in [2.24, 2.45) is 4.99 Å². The van der Waals surface area contributed by atoms with Gasteiger partial charge in [0.1, 0.15) is 17.4 Å². The smallest absolute Gasteiger partial charge is 0.262 e. The molecule has 0 fully saturated rings. The molecule has 1 aliphatic rings. The topological polar surface area (TPSA) is 57.6 Å². The van der Waals surface area contributed by atoms with Crippen molar-refractivity contribution < 1.29 is 4.79 Å². The number of carbonyl (C=O) groups excluding carboxylic acids is 1. The van der Waals surface area contributed by atoms with Gasteiger partial charge in [-0.1, -0.05) is 26.2 Å². The summed E-state index contributed by atoms with van der Waals surface area (Å²) in [6, 6.07) is 3.66. The number of aliphatic imine (C=N–C) groups is 1. The summed E-state index contributed by atoms with van der Waals surface area (Å²) in [7, 11) is 0. The fourth-order valence-corrected chi connectivity index (χ4v) is 2.19. The van der Waals surface area contributed by atoms with Crippen LogP contribution in [0.4, 0.5) is 11.5 Å². The molecule has 0 atom stereocenters. The molecule has 0 bridgehead atoms. The van der Waals surface area contributed by atoms with Crippen LogP contribution in [-0.2, 0) is 4.79 Å². The number of halogens is 1. The maximum absolute atomic E-state index is 11.9. The van der Waals surface area contributed by atoms with Gasteiger partial charge in [-0.15, -0.1) is 11.6 Å². The first-order valence-electron chi connectivity index (χ1n) is 6.94. The van der Waals surface area contributed by atoms with E-state index >= 15 is 0 Å². The third kappa shape index (κ3) is 3.48. The van der Waals surface area contributed by atoms with Crippen LogP contribution in [-0.4, -0.2) is 22.6 Å². The Morgan fingerprint density at radius 3 is 3.00 bits per heavy atom. The van der Waals surface area contributed by atoms with Gasteiger partial charge < -0.3 is 0 Å². The molecule has 0 radical (unpaired) electrons. The highest BCUT2D eigenvalue weighted by Crippen LogP contribution is 2.28. The van der Waals surface area contributed by atoms with E-state index in [9.17, 15) is 4.79 Å². The molecule has 2 rings (SSSR count). The number of rotatable bonds is 6. The molecule has 1 aromatic heterocycles. The number of anilines is 1. The summed E-state index contributed by atoms with van der Waals surface area (Å²) in [6.45, 7) is 2.18. The largest absolute Gasteiger partial charge is 0.276 e. The zero-order chi connectivity index (χ0) is 14.4. The van der Waals surface area contributed by atoms with Gasteiger partial charge >= 0.3 is 0 Å². The molecule has 1 amide bonds. The van der Waals surface area contributed by atoms with E-state index in [-0.39, 0.29) is 11.8 Å². The summed E-state index contributed by atoms with van der Waals surface area (Å²) in [6.07, 6.45) is 7.09. The summed E-state index contributed by atoms with van der Waals surface area (Å²) < 4.78 is 0. The molecule has 20 heavy (non-hydrogen) atoms. The fourth-order valence-electron chi connectivity index (χ4n) is 2.07.